The third kappa shape index (κ3) is 3.35. The topological polar surface area (TPSA) is 45.5 Å². The molecule has 2 aromatic rings. The molecule has 0 atom stereocenters. The Labute approximate surface area is 156 Å². The van der Waals surface area contributed by atoms with Crippen molar-refractivity contribution in [3.63, 3.8) is 0 Å². The van der Waals surface area contributed by atoms with E-state index in [0.717, 1.165) is 16.7 Å². The van der Waals surface area contributed by atoms with Crippen molar-refractivity contribution in [2.75, 3.05) is 11.9 Å². The molecule has 4 nitrogen and oxygen atoms in total. The van der Waals surface area contributed by atoms with Crippen LogP contribution in [0.3, 0.4) is 0 Å². The van der Waals surface area contributed by atoms with Gasteiger partial charge in [-0.05, 0) is 50.9 Å². The fourth-order valence-corrected chi connectivity index (χ4v) is 3.12. The summed E-state index contributed by atoms with van der Waals surface area (Å²) in [5.41, 5.74) is 3.00. The summed E-state index contributed by atoms with van der Waals surface area (Å²) in [5, 5.41) is 9.36. The van der Waals surface area contributed by atoms with Gasteiger partial charge in [0, 0.05) is 13.6 Å². The van der Waals surface area contributed by atoms with E-state index in [1.807, 2.05) is 43.4 Å². The summed E-state index contributed by atoms with van der Waals surface area (Å²) in [5.74, 6) is 0. The van der Waals surface area contributed by atoms with E-state index in [2.05, 4.69) is 50.8 Å². The fraction of sp³-hybridized carbons (Fsp3) is 0.381. The van der Waals surface area contributed by atoms with Gasteiger partial charge in [0.25, 0.3) is 0 Å². The lowest BCUT2D eigenvalue weighted by Crippen LogP contribution is -2.41. The highest BCUT2D eigenvalue weighted by atomic mass is 16.7. The second-order valence-electron chi connectivity index (χ2n) is 7.77. The van der Waals surface area contributed by atoms with E-state index in [1.165, 1.54) is 0 Å². The summed E-state index contributed by atoms with van der Waals surface area (Å²) in [6.07, 6.45) is 0. The van der Waals surface area contributed by atoms with Gasteiger partial charge in [0.05, 0.1) is 22.5 Å². The molecule has 0 unspecified atom stereocenters. The van der Waals surface area contributed by atoms with Gasteiger partial charge in [-0.15, -0.1) is 0 Å². The van der Waals surface area contributed by atoms with Crippen LogP contribution in [0, 0.1) is 11.3 Å². The Kier molecular flexibility index (Phi) is 4.83. The van der Waals surface area contributed by atoms with Crippen LogP contribution in [0.15, 0.2) is 48.5 Å². The highest BCUT2D eigenvalue weighted by Crippen LogP contribution is 2.36. The first-order chi connectivity index (χ1) is 12.2. The molecule has 0 amide bonds. The zero-order valence-corrected chi connectivity index (χ0v) is 16.1. The molecule has 1 aliphatic heterocycles. The largest absolute Gasteiger partial charge is 0.495 e. The van der Waals surface area contributed by atoms with Gasteiger partial charge in [-0.2, -0.15) is 5.26 Å². The number of nitriles is 1. The number of benzene rings is 2. The highest BCUT2D eigenvalue weighted by molar-refractivity contribution is 6.62. The average Bonchev–Trinajstić information content (AvgIpc) is 2.82. The summed E-state index contributed by atoms with van der Waals surface area (Å²) in [7, 11) is 1.60. The van der Waals surface area contributed by atoms with Gasteiger partial charge in [0.1, 0.15) is 6.07 Å². The number of anilines is 1. The maximum absolute atomic E-state index is 9.36. The zero-order chi connectivity index (χ0) is 18.9. The van der Waals surface area contributed by atoms with Crippen LogP contribution < -0.4 is 10.4 Å². The van der Waals surface area contributed by atoms with Crippen molar-refractivity contribution < 1.29 is 9.31 Å². The van der Waals surface area contributed by atoms with Gasteiger partial charge < -0.3 is 14.2 Å². The Morgan fingerprint density at radius 2 is 1.54 bits per heavy atom. The predicted molar refractivity (Wildman–Crippen MR) is 105 cm³/mol. The van der Waals surface area contributed by atoms with E-state index in [1.54, 1.807) is 0 Å². The Hall–Kier alpha value is -2.29. The molecule has 1 heterocycles. The Bertz CT molecular complexity index is 826. The van der Waals surface area contributed by atoms with Gasteiger partial charge in [0.15, 0.2) is 0 Å². The van der Waals surface area contributed by atoms with Crippen LogP contribution >= 0.6 is 0 Å². The summed E-state index contributed by atoms with van der Waals surface area (Å²) in [6.45, 7) is 8.91. The molecule has 0 aliphatic carbocycles. The van der Waals surface area contributed by atoms with E-state index in [0.29, 0.717) is 12.1 Å². The first-order valence-electron chi connectivity index (χ1n) is 8.89. The van der Waals surface area contributed by atoms with Crippen LogP contribution in [0.4, 0.5) is 5.69 Å². The molecule has 0 saturated carbocycles. The molecular formula is C21H25BN2O2. The van der Waals surface area contributed by atoms with Gasteiger partial charge in [-0.3, -0.25) is 0 Å². The predicted octanol–water partition coefficient (Wildman–Crippen LogP) is 3.49. The molecule has 26 heavy (non-hydrogen) atoms. The molecule has 1 fully saturated rings. The van der Waals surface area contributed by atoms with Crippen molar-refractivity contribution >= 4 is 18.3 Å². The monoisotopic (exact) mass is 348 g/mol. The van der Waals surface area contributed by atoms with Crippen molar-refractivity contribution in [1.82, 2.24) is 0 Å². The van der Waals surface area contributed by atoms with Crippen LogP contribution in [0.2, 0.25) is 0 Å². The van der Waals surface area contributed by atoms with E-state index in [4.69, 9.17) is 9.31 Å². The van der Waals surface area contributed by atoms with Crippen LogP contribution in [0.5, 0.6) is 0 Å². The van der Waals surface area contributed by atoms with Gasteiger partial charge in [-0.1, -0.05) is 36.4 Å². The standard InChI is InChI=1S/C21H25BN2O2/c1-20(2)21(3,4)26-22(25-20)18-12-8-6-11-17(18)15-24(5)19-13-9-7-10-16(19)14-23/h6-13H,15H2,1-5H3. The normalized spacial score (nSPS) is 17.8. The molecule has 3 rings (SSSR count). The van der Waals surface area contributed by atoms with Crippen molar-refractivity contribution in [2.45, 2.75) is 45.4 Å². The van der Waals surface area contributed by atoms with Crippen molar-refractivity contribution in [3.8, 4) is 6.07 Å². The summed E-state index contributed by atoms with van der Waals surface area (Å²) < 4.78 is 12.5. The minimum atomic E-state index is -0.393. The zero-order valence-electron chi connectivity index (χ0n) is 16.1. The molecule has 1 aliphatic rings. The van der Waals surface area contributed by atoms with Gasteiger partial charge in [-0.25, -0.2) is 0 Å². The number of hydrogen-bond donors (Lipinski definition) is 0. The molecule has 0 N–H and O–H groups in total. The van der Waals surface area contributed by atoms with Crippen molar-refractivity contribution in [1.29, 1.82) is 5.26 Å². The maximum atomic E-state index is 9.36. The Morgan fingerprint density at radius 3 is 2.19 bits per heavy atom. The quantitative estimate of drug-likeness (QED) is 0.794. The lowest BCUT2D eigenvalue weighted by atomic mass is 9.76. The second-order valence-corrected chi connectivity index (χ2v) is 7.77. The third-order valence-electron chi connectivity index (χ3n) is 5.41. The number of para-hydroxylation sites is 1. The fourth-order valence-electron chi connectivity index (χ4n) is 3.12. The van der Waals surface area contributed by atoms with E-state index < -0.39 is 7.12 Å². The van der Waals surface area contributed by atoms with E-state index >= 15 is 0 Å². The number of hydrogen-bond acceptors (Lipinski definition) is 4. The first kappa shape index (κ1) is 18.5. The molecule has 1 saturated heterocycles. The smallest absolute Gasteiger partial charge is 0.399 e. The molecule has 5 heteroatoms. The molecular weight excluding hydrogens is 323 g/mol. The lowest BCUT2D eigenvalue weighted by molar-refractivity contribution is 0.00578. The van der Waals surface area contributed by atoms with Crippen molar-refractivity contribution in [3.05, 3.63) is 59.7 Å². The molecule has 0 bridgehead atoms. The summed E-state index contributed by atoms with van der Waals surface area (Å²) in [6, 6.07) is 18.1. The van der Waals surface area contributed by atoms with Crippen LogP contribution in [0.1, 0.15) is 38.8 Å². The van der Waals surface area contributed by atoms with Gasteiger partial charge >= 0.3 is 7.12 Å². The first-order valence-corrected chi connectivity index (χ1v) is 8.89. The molecule has 134 valence electrons. The summed E-state index contributed by atoms with van der Waals surface area (Å²) in [4.78, 5) is 2.09. The molecule has 0 spiro atoms. The number of nitrogens with zero attached hydrogens (tertiary/aromatic N) is 2. The van der Waals surface area contributed by atoms with Gasteiger partial charge in [0.2, 0.25) is 0 Å². The average molecular weight is 348 g/mol. The second kappa shape index (κ2) is 6.79. The van der Waals surface area contributed by atoms with E-state index in [9.17, 15) is 5.26 Å². The highest BCUT2D eigenvalue weighted by Gasteiger charge is 2.52. The lowest BCUT2D eigenvalue weighted by Gasteiger charge is -2.32. The van der Waals surface area contributed by atoms with Crippen molar-refractivity contribution in [2.24, 2.45) is 0 Å². The Balaban J connectivity index is 1.88. The molecule has 2 aromatic carbocycles. The SMILES string of the molecule is CN(Cc1ccccc1B1OC(C)(C)C(C)(C)O1)c1ccccc1C#N. The van der Waals surface area contributed by atoms with E-state index in [-0.39, 0.29) is 11.2 Å². The maximum Gasteiger partial charge on any atom is 0.495 e. The minimum absolute atomic E-state index is 0.371. The Morgan fingerprint density at radius 1 is 0.962 bits per heavy atom. The molecule has 0 aromatic heterocycles. The summed E-state index contributed by atoms with van der Waals surface area (Å²) >= 11 is 0. The van der Waals surface area contributed by atoms with Crippen LogP contribution in [-0.4, -0.2) is 25.4 Å². The third-order valence-corrected chi connectivity index (χ3v) is 5.41. The number of rotatable bonds is 4. The van der Waals surface area contributed by atoms with Crippen LogP contribution in [0.25, 0.3) is 0 Å². The molecule has 0 radical (unpaired) electrons. The van der Waals surface area contributed by atoms with Crippen LogP contribution in [-0.2, 0) is 15.9 Å². The minimum Gasteiger partial charge on any atom is -0.399 e.